The summed E-state index contributed by atoms with van der Waals surface area (Å²) in [6.07, 6.45) is 0.695. The van der Waals surface area contributed by atoms with E-state index in [4.69, 9.17) is 26.3 Å². The van der Waals surface area contributed by atoms with Crippen LogP contribution in [0.4, 0.5) is 0 Å². The summed E-state index contributed by atoms with van der Waals surface area (Å²) in [7, 11) is 1.36. The van der Waals surface area contributed by atoms with Crippen molar-refractivity contribution in [3.05, 3.63) is 50.9 Å². The van der Waals surface area contributed by atoms with Crippen molar-refractivity contribution in [2.75, 3.05) is 7.11 Å². The molecule has 7 nitrogen and oxygen atoms in total. The highest BCUT2D eigenvalue weighted by Gasteiger charge is 2.19. The van der Waals surface area contributed by atoms with Gasteiger partial charge < -0.3 is 9.47 Å². The summed E-state index contributed by atoms with van der Waals surface area (Å²) in [6, 6.07) is 7.21. The lowest BCUT2D eigenvalue weighted by Gasteiger charge is -2.11. The Balaban J connectivity index is 2.35. The van der Waals surface area contributed by atoms with E-state index in [1.807, 2.05) is 13.0 Å². The number of hydrogen-bond acceptors (Lipinski definition) is 6. The van der Waals surface area contributed by atoms with E-state index in [-0.39, 0.29) is 33.3 Å². The first kappa shape index (κ1) is 17.5. The molecule has 0 fully saturated rings. The summed E-state index contributed by atoms with van der Waals surface area (Å²) in [4.78, 5) is 23.9. The number of carbonyl (C=O) groups excluding carboxylic acids is 1. The molecule has 0 N–H and O–H groups in total. The SMILES string of the molecule is CCCn1nc(C(=O)Oc2c(Cl)cc(C#N)cc2OC)ccc1=O. The second-order valence-electron chi connectivity index (χ2n) is 4.77. The lowest BCUT2D eigenvalue weighted by Crippen LogP contribution is -2.25. The van der Waals surface area contributed by atoms with Crippen molar-refractivity contribution in [3.8, 4) is 17.6 Å². The summed E-state index contributed by atoms with van der Waals surface area (Å²) in [5.41, 5.74) is -0.0702. The third kappa shape index (κ3) is 3.73. The molecule has 2 aromatic rings. The van der Waals surface area contributed by atoms with Crippen LogP contribution in [0.5, 0.6) is 11.5 Å². The topological polar surface area (TPSA) is 94.2 Å². The van der Waals surface area contributed by atoms with Crippen LogP contribution in [0.15, 0.2) is 29.1 Å². The number of halogens is 1. The molecule has 0 radical (unpaired) electrons. The minimum atomic E-state index is -0.787. The maximum Gasteiger partial charge on any atom is 0.364 e. The minimum absolute atomic E-state index is 0.0155. The van der Waals surface area contributed by atoms with Gasteiger partial charge in [0.2, 0.25) is 0 Å². The Kier molecular flexibility index (Phi) is 5.55. The van der Waals surface area contributed by atoms with Crippen LogP contribution in [0.25, 0.3) is 0 Å². The summed E-state index contributed by atoms with van der Waals surface area (Å²) in [5, 5.41) is 13.0. The molecule has 1 aromatic heterocycles. The Labute approximate surface area is 143 Å². The van der Waals surface area contributed by atoms with E-state index in [9.17, 15) is 9.59 Å². The number of carbonyl (C=O) groups is 1. The van der Waals surface area contributed by atoms with Crippen LogP contribution in [0.1, 0.15) is 29.4 Å². The number of nitrogens with zero attached hydrogens (tertiary/aromatic N) is 3. The average Bonchev–Trinajstić information content (AvgIpc) is 2.58. The van der Waals surface area contributed by atoms with Crippen LogP contribution in [0, 0.1) is 11.3 Å². The lowest BCUT2D eigenvalue weighted by atomic mass is 10.2. The van der Waals surface area contributed by atoms with E-state index in [0.29, 0.717) is 13.0 Å². The molecule has 0 spiro atoms. The lowest BCUT2D eigenvalue weighted by molar-refractivity contribution is 0.0720. The van der Waals surface area contributed by atoms with Crippen LogP contribution in [0.2, 0.25) is 5.02 Å². The highest BCUT2D eigenvalue weighted by atomic mass is 35.5. The van der Waals surface area contributed by atoms with Crippen molar-refractivity contribution >= 4 is 17.6 Å². The predicted molar refractivity (Wildman–Crippen MR) is 86.5 cm³/mol. The van der Waals surface area contributed by atoms with Gasteiger partial charge in [-0.15, -0.1) is 0 Å². The molecule has 0 bridgehead atoms. The monoisotopic (exact) mass is 347 g/mol. The summed E-state index contributed by atoms with van der Waals surface area (Å²) in [6.45, 7) is 2.28. The van der Waals surface area contributed by atoms with Crippen LogP contribution < -0.4 is 15.0 Å². The molecule has 2 rings (SSSR count). The van der Waals surface area contributed by atoms with Gasteiger partial charge in [-0.1, -0.05) is 18.5 Å². The Morgan fingerprint density at radius 1 is 1.42 bits per heavy atom. The van der Waals surface area contributed by atoms with Crippen molar-refractivity contribution in [2.24, 2.45) is 0 Å². The standard InChI is InChI=1S/C16H14ClN3O4/c1-3-6-20-14(21)5-4-12(19-20)16(22)24-15-11(17)7-10(9-18)8-13(15)23-2/h4-5,7-8H,3,6H2,1-2H3. The fourth-order valence-corrected chi connectivity index (χ4v) is 2.21. The third-order valence-corrected chi connectivity index (χ3v) is 3.35. The number of aryl methyl sites for hydroxylation is 1. The Morgan fingerprint density at radius 3 is 2.79 bits per heavy atom. The summed E-state index contributed by atoms with van der Waals surface area (Å²) >= 11 is 6.05. The molecule has 1 heterocycles. The Morgan fingerprint density at radius 2 is 2.17 bits per heavy atom. The second-order valence-corrected chi connectivity index (χ2v) is 5.18. The van der Waals surface area contributed by atoms with Gasteiger partial charge in [-0.25, -0.2) is 9.48 Å². The van der Waals surface area contributed by atoms with Crippen molar-refractivity contribution in [1.82, 2.24) is 9.78 Å². The maximum atomic E-state index is 12.3. The maximum absolute atomic E-state index is 12.3. The first-order chi connectivity index (χ1) is 11.5. The third-order valence-electron chi connectivity index (χ3n) is 3.06. The van der Waals surface area contributed by atoms with Gasteiger partial charge in [0.05, 0.1) is 23.8 Å². The number of esters is 1. The zero-order valence-electron chi connectivity index (χ0n) is 13.1. The highest BCUT2D eigenvalue weighted by Crippen LogP contribution is 2.36. The van der Waals surface area contributed by atoms with Crippen molar-refractivity contribution in [2.45, 2.75) is 19.9 Å². The minimum Gasteiger partial charge on any atom is -0.493 e. The van der Waals surface area contributed by atoms with Gasteiger partial charge in [-0.3, -0.25) is 4.79 Å². The van der Waals surface area contributed by atoms with Gasteiger partial charge in [0.1, 0.15) is 0 Å². The molecule has 0 aliphatic rings. The molecule has 0 saturated heterocycles. The molecule has 0 aliphatic carbocycles. The normalized spacial score (nSPS) is 10.1. The van der Waals surface area contributed by atoms with Gasteiger partial charge in [0.15, 0.2) is 17.2 Å². The molecular weight excluding hydrogens is 334 g/mol. The van der Waals surface area contributed by atoms with Gasteiger partial charge in [0, 0.05) is 18.7 Å². The molecule has 0 amide bonds. The predicted octanol–water partition coefficient (Wildman–Crippen LogP) is 2.41. The van der Waals surface area contributed by atoms with Crippen molar-refractivity contribution in [1.29, 1.82) is 5.26 Å². The van der Waals surface area contributed by atoms with Gasteiger partial charge in [-0.05, 0) is 18.6 Å². The quantitative estimate of drug-likeness (QED) is 0.609. The molecule has 1 aromatic carbocycles. The number of methoxy groups -OCH3 is 1. The molecule has 0 atom stereocenters. The summed E-state index contributed by atoms with van der Waals surface area (Å²) in [5.74, 6) is -0.655. The van der Waals surface area contributed by atoms with E-state index in [0.717, 1.165) is 0 Å². The molecule has 8 heteroatoms. The first-order valence-corrected chi connectivity index (χ1v) is 7.46. The van der Waals surface area contributed by atoms with E-state index in [1.54, 1.807) is 0 Å². The molecular formula is C16H14ClN3O4. The fraction of sp³-hybridized carbons (Fsp3) is 0.250. The van der Waals surface area contributed by atoms with Crippen LogP contribution in [0.3, 0.4) is 0 Å². The molecule has 124 valence electrons. The zero-order valence-corrected chi connectivity index (χ0v) is 13.8. The van der Waals surface area contributed by atoms with Crippen molar-refractivity contribution < 1.29 is 14.3 Å². The van der Waals surface area contributed by atoms with Crippen LogP contribution in [-0.4, -0.2) is 22.9 Å². The Hall–Kier alpha value is -2.85. The average molecular weight is 348 g/mol. The molecule has 0 aliphatic heterocycles. The number of rotatable bonds is 5. The first-order valence-electron chi connectivity index (χ1n) is 7.08. The highest BCUT2D eigenvalue weighted by molar-refractivity contribution is 6.32. The van der Waals surface area contributed by atoms with Crippen LogP contribution >= 0.6 is 11.6 Å². The second kappa shape index (κ2) is 7.62. The number of hydrogen-bond donors (Lipinski definition) is 0. The van der Waals surface area contributed by atoms with E-state index < -0.39 is 5.97 Å². The van der Waals surface area contributed by atoms with Gasteiger partial charge in [0.25, 0.3) is 5.56 Å². The largest absolute Gasteiger partial charge is 0.493 e. The molecule has 0 saturated carbocycles. The van der Waals surface area contributed by atoms with Crippen molar-refractivity contribution in [3.63, 3.8) is 0 Å². The Bertz CT molecular complexity index is 871. The number of nitriles is 1. The summed E-state index contributed by atoms with van der Waals surface area (Å²) < 4.78 is 11.5. The number of benzene rings is 1. The van der Waals surface area contributed by atoms with E-state index in [2.05, 4.69) is 5.10 Å². The molecule has 24 heavy (non-hydrogen) atoms. The fourth-order valence-electron chi connectivity index (χ4n) is 1.96. The smallest absolute Gasteiger partial charge is 0.364 e. The van der Waals surface area contributed by atoms with Gasteiger partial charge >= 0.3 is 5.97 Å². The zero-order chi connectivity index (χ0) is 17.7. The van der Waals surface area contributed by atoms with E-state index in [1.165, 1.54) is 36.1 Å². The van der Waals surface area contributed by atoms with Crippen LogP contribution in [-0.2, 0) is 6.54 Å². The number of aromatic nitrogens is 2. The van der Waals surface area contributed by atoms with Gasteiger partial charge in [-0.2, -0.15) is 10.4 Å². The number of ether oxygens (including phenoxy) is 2. The van der Waals surface area contributed by atoms with E-state index >= 15 is 0 Å². The molecule has 0 unspecified atom stereocenters.